The quantitative estimate of drug-likeness (QED) is 0.563. The summed E-state index contributed by atoms with van der Waals surface area (Å²) in [5.74, 6) is -1.12. The Morgan fingerprint density at radius 3 is 2.36 bits per heavy atom. The van der Waals surface area contributed by atoms with Gasteiger partial charge in [-0.25, -0.2) is 12.8 Å². The third-order valence-corrected chi connectivity index (χ3v) is 5.93. The summed E-state index contributed by atoms with van der Waals surface area (Å²) < 4.78 is 42.1. The van der Waals surface area contributed by atoms with E-state index in [1.54, 1.807) is 49.4 Å². The summed E-state index contributed by atoms with van der Waals surface area (Å²) >= 11 is 3.16. The van der Waals surface area contributed by atoms with Gasteiger partial charge in [-0.15, -0.1) is 0 Å². The molecule has 0 saturated carbocycles. The smallest absolute Gasteiger partial charge is 0.261 e. The maximum absolute atomic E-state index is 14.0. The van der Waals surface area contributed by atoms with Gasteiger partial charge in [0.1, 0.15) is 5.82 Å². The Morgan fingerprint density at radius 2 is 1.68 bits per heavy atom. The maximum atomic E-state index is 14.0. The van der Waals surface area contributed by atoms with Gasteiger partial charge in [0.05, 0.1) is 16.3 Å². The van der Waals surface area contributed by atoms with Gasteiger partial charge < -0.3 is 5.32 Å². The monoisotopic (exact) mass is 462 g/mol. The molecular formula is C20H16BrFN2O3S. The number of carbonyl (C=O) groups is 1. The summed E-state index contributed by atoms with van der Waals surface area (Å²) in [6, 6.07) is 16.9. The predicted octanol–water partition coefficient (Wildman–Crippen LogP) is 4.95. The van der Waals surface area contributed by atoms with Gasteiger partial charge in [-0.05, 0) is 55.0 Å². The largest absolute Gasteiger partial charge is 0.319 e. The highest BCUT2D eigenvalue weighted by Crippen LogP contribution is 2.25. The number of anilines is 2. The third kappa shape index (κ3) is 4.40. The van der Waals surface area contributed by atoms with Gasteiger partial charge >= 0.3 is 0 Å². The van der Waals surface area contributed by atoms with Crippen LogP contribution < -0.4 is 10.0 Å². The summed E-state index contributed by atoms with van der Waals surface area (Å²) in [5.41, 5.74) is 0.961. The lowest BCUT2D eigenvalue weighted by Gasteiger charge is -2.14. The summed E-state index contributed by atoms with van der Waals surface area (Å²) in [4.78, 5) is 12.7. The average Bonchev–Trinajstić information content (AvgIpc) is 2.66. The van der Waals surface area contributed by atoms with E-state index in [0.29, 0.717) is 10.0 Å². The molecule has 0 radical (unpaired) electrons. The normalized spacial score (nSPS) is 11.1. The van der Waals surface area contributed by atoms with E-state index < -0.39 is 21.7 Å². The summed E-state index contributed by atoms with van der Waals surface area (Å²) in [7, 11) is -3.80. The van der Waals surface area contributed by atoms with Crippen LogP contribution in [0.5, 0.6) is 0 Å². The highest BCUT2D eigenvalue weighted by Gasteiger charge is 2.18. The zero-order valence-corrected chi connectivity index (χ0v) is 17.1. The number of amides is 1. The van der Waals surface area contributed by atoms with E-state index in [0.717, 1.165) is 0 Å². The second-order valence-corrected chi connectivity index (χ2v) is 8.57. The molecule has 0 aliphatic rings. The minimum absolute atomic E-state index is 0.0304. The molecule has 0 aliphatic carbocycles. The van der Waals surface area contributed by atoms with Crippen molar-refractivity contribution in [2.24, 2.45) is 0 Å². The molecule has 144 valence electrons. The number of halogens is 2. The number of nitrogens with one attached hydrogen (secondary N) is 2. The van der Waals surface area contributed by atoms with Crippen molar-refractivity contribution in [3.8, 4) is 0 Å². The molecule has 0 atom stereocenters. The molecule has 0 unspecified atom stereocenters. The van der Waals surface area contributed by atoms with Crippen LogP contribution in [0.15, 0.2) is 76.1 Å². The van der Waals surface area contributed by atoms with E-state index in [9.17, 15) is 17.6 Å². The van der Waals surface area contributed by atoms with E-state index in [1.165, 1.54) is 24.3 Å². The minimum Gasteiger partial charge on any atom is -0.319 e. The molecular weight excluding hydrogens is 447 g/mol. The first kappa shape index (κ1) is 20.0. The molecule has 5 nitrogen and oxygen atoms in total. The van der Waals surface area contributed by atoms with Crippen LogP contribution >= 0.6 is 15.9 Å². The van der Waals surface area contributed by atoms with Crippen molar-refractivity contribution in [2.75, 3.05) is 10.0 Å². The molecule has 3 rings (SSSR count). The number of rotatable bonds is 5. The van der Waals surface area contributed by atoms with E-state index >= 15 is 0 Å². The fraction of sp³-hybridized carbons (Fsp3) is 0.0500. The van der Waals surface area contributed by atoms with Crippen molar-refractivity contribution < 1.29 is 17.6 Å². The second-order valence-electron chi connectivity index (χ2n) is 5.97. The van der Waals surface area contributed by atoms with E-state index in [1.807, 2.05) is 0 Å². The van der Waals surface area contributed by atoms with Crippen molar-refractivity contribution in [2.45, 2.75) is 11.8 Å². The zero-order chi connectivity index (χ0) is 20.3. The Bertz CT molecular complexity index is 1140. The first-order chi connectivity index (χ1) is 13.3. The molecule has 0 heterocycles. The summed E-state index contributed by atoms with van der Waals surface area (Å²) in [6.07, 6.45) is 0. The van der Waals surface area contributed by atoms with Crippen molar-refractivity contribution in [3.05, 3.63) is 88.1 Å². The fourth-order valence-corrected chi connectivity index (χ4v) is 4.05. The fourth-order valence-electron chi connectivity index (χ4n) is 2.58. The van der Waals surface area contributed by atoms with Gasteiger partial charge in [-0.1, -0.05) is 40.2 Å². The molecule has 0 aliphatic heterocycles. The second kappa shape index (κ2) is 8.12. The number of carbonyl (C=O) groups excluding carboxylic acids is 1. The molecule has 3 aromatic carbocycles. The van der Waals surface area contributed by atoms with E-state index in [4.69, 9.17) is 0 Å². The minimum atomic E-state index is -3.80. The molecule has 0 saturated heterocycles. The number of benzene rings is 3. The molecule has 0 aromatic heterocycles. The lowest BCUT2D eigenvalue weighted by molar-refractivity contribution is 0.102. The highest BCUT2D eigenvalue weighted by molar-refractivity contribution is 9.10. The van der Waals surface area contributed by atoms with Crippen LogP contribution in [0.3, 0.4) is 0 Å². The lowest BCUT2D eigenvalue weighted by atomic mass is 10.1. The Morgan fingerprint density at radius 1 is 0.964 bits per heavy atom. The van der Waals surface area contributed by atoms with Crippen molar-refractivity contribution in [3.63, 3.8) is 0 Å². The lowest BCUT2D eigenvalue weighted by Crippen LogP contribution is -2.17. The number of sulfonamides is 1. The van der Waals surface area contributed by atoms with E-state index in [2.05, 4.69) is 26.0 Å². The van der Waals surface area contributed by atoms with E-state index in [-0.39, 0.29) is 21.8 Å². The molecule has 1 amide bonds. The van der Waals surface area contributed by atoms with Gasteiger partial charge in [0.15, 0.2) is 0 Å². The summed E-state index contributed by atoms with van der Waals surface area (Å²) in [5, 5.41) is 2.50. The Kier molecular flexibility index (Phi) is 5.81. The Labute approximate surface area is 170 Å². The average molecular weight is 463 g/mol. The molecule has 0 fully saturated rings. The molecule has 8 heteroatoms. The predicted molar refractivity (Wildman–Crippen MR) is 110 cm³/mol. The van der Waals surface area contributed by atoms with Gasteiger partial charge in [-0.2, -0.15) is 0 Å². The molecule has 2 N–H and O–H groups in total. The number of hydrogen-bond acceptors (Lipinski definition) is 3. The molecule has 0 bridgehead atoms. The topological polar surface area (TPSA) is 75.3 Å². The molecule has 0 spiro atoms. The Balaban J connectivity index is 1.87. The van der Waals surface area contributed by atoms with Crippen LogP contribution in [0.25, 0.3) is 0 Å². The van der Waals surface area contributed by atoms with Crippen molar-refractivity contribution >= 4 is 43.2 Å². The standard InChI is InChI=1S/C20H16BrFN2O3S/c1-13-16(20(25)23-19-11-10-14(21)12-17(19)22)8-5-9-18(13)24-28(26,27)15-6-3-2-4-7-15/h2-12,24H,1H3,(H,23,25). The highest BCUT2D eigenvalue weighted by atomic mass is 79.9. The van der Waals surface area contributed by atoms with Crippen molar-refractivity contribution in [1.29, 1.82) is 0 Å². The van der Waals surface area contributed by atoms with Crippen LogP contribution in [0.2, 0.25) is 0 Å². The molecule has 3 aromatic rings. The van der Waals surface area contributed by atoms with Gasteiger partial charge in [-0.3, -0.25) is 9.52 Å². The maximum Gasteiger partial charge on any atom is 0.261 e. The molecule has 28 heavy (non-hydrogen) atoms. The summed E-state index contributed by atoms with van der Waals surface area (Å²) in [6.45, 7) is 1.62. The van der Waals surface area contributed by atoms with Crippen LogP contribution in [0, 0.1) is 12.7 Å². The first-order valence-corrected chi connectivity index (χ1v) is 10.5. The van der Waals surface area contributed by atoms with Gasteiger partial charge in [0.25, 0.3) is 15.9 Å². The Hall–Kier alpha value is -2.71. The van der Waals surface area contributed by atoms with Crippen LogP contribution in [-0.4, -0.2) is 14.3 Å². The van der Waals surface area contributed by atoms with Crippen LogP contribution in [-0.2, 0) is 10.0 Å². The number of hydrogen-bond donors (Lipinski definition) is 2. The third-order valence-electron chi connectivity index (χ3n) is 4.06. The zero-order valence-electron chi connectivity index (χ0n) is 14.7. The van der Waals surface area contributed by atoms with Gasteiger partial charge in [0, 0.05) is 10.0 Å². The SMILES string of the molecule is Cc1c(NS(=O)(=O)c2ccccc2)cccc1C(=O)Nc1ccc(Br)cc1F. The van der Waals surface area contributed by atoms with Crippen molar-refractivity contribution in [1.82, 2.24) is 0 Å². The first-order valence-electron chi connectivity index (χ1n) is 8.22. The van der Waals surface area contributed by atoms with Crippen LogP contribution in [0.1, 0.15) is 15.9 Å². The van der Waals surface area contributed by atoms with Gasteiger partial charge in [0.2, 0.25) is 0 Å². The van der Waals surface area contributed by atoms with Crippen LogP contribution in [0.4, 0.5) is 15.8 Å².